The highest BCUT2D eigenvalue weighted by Gasteiger charge is 2.22. The van der Waals surface area contributed by atoms with Crippen molar-refractivity contribution in [3.63, 3.8) is 0 Å². The number of aliphatic hydroxyl groups is 1. The van der Waals surface area contributed by atoms with Gasteiger partial charge in [-0.1, -0.05) is 15.9 Å². The second-order valence-corrected chi connectivity index (χ2v) is 6.45. The molecule has 0 radical (unpaired) electrons. The Kier molecular flexibility index (Phi) is 5.93. The molecule has 0 aromatic heterocycles. The quantitative estimate of drug-likeness (QED) is 0.626. The van der Waals surface area contributed by atoms with E-state index in [1.165, 1.54) is 12.1 Å². The number of carbonyl (C=O) groups excluding carboxylic acids is 1. The molecule has 0 aliphatic rings. The van der Waals surface area contributed by atoms with E-state index in [9.17, 15) is 18.3 Å². The molecule has 1 unspecified atom stereocenters. The highest BCUT2D eigenvalue weighted by Crippen LogP contribution is 2.27. The summed E-state index contributed by atoms with van der Waals surface area (Å²) in [5.74, 6) is -0.830. The van der Waals surface area contributed by atoms with Crippen LogP contribution in [0.5, 0.6) is 5.75 Å². The molecule has 1 amide bonds. The van der Waals surface area contributed by atoms with Crippen molar-refractivity contribution in [3.05, 3.63) is 22.7 Å². The van der Waals surface area contributed by atoms with Crippen LogP contribution in [0.1, 0.15) is 6.92 Å². The van der Waals surface area contributed by atoms with Crippen LogP contribution in [0.15, 0.2) is 27.6 Å². The molecule has 0 saturated heterocycles. The molecule has 0 spiro atoms. The maximum Gasteiger partial charge on any atom is 0.247 e. The normalized spacial score (nSPS) is 12.9. The van der Waals surface area contributed by atoms with Gasteiger partial charge in [-0.05, 0) is 25.1 Å². The molecule has 0 bridgehead atoms. The lowest BCUT2D eigenvalue weighted by Gasteiger charge is -2.13. The predicted octanol–water partition coefficient (Wildman–Crippen LogP) is -0.0277. The summed E-state index contributed by atoms with van der Waals surface area (Å²) in [5, 5.41) is 9.22. The standard InChI is InChI=1S/C11H15BrN2O5S/c1-2-19-9-4-3-7(12)5-10(9)20(17,18)14-6-8(15)11(13)16/h3-5,8,14-15H,2,6H2,1H3,(H2,13,16). The van der Waals surface area contributed by atoms with Gasteiger partial charge in [-0.2, -0.15) is 0 Å². The van der Waals surface area contributed by atoms with Crippen molar-refractivity contribution in [1.82, 2.24) is 4.72 Å². The van der Waals surface area contributed by atoms with E-state index in [4.69, 9.17) is 10.5 Å². The number of rotatable bonds is 7. The van der Waals surface area contributed by atoms with Crippen molar-refractivity contribution in [2.24, 2.45) is 5.73 Å². The maximum atomic E-state index is 12.1. The number of carbonyl (C=O) groups is 1. The number of nitrogens with one attached hydrogen (secondary N) is 1. The summed E-state index contributed by atoms with van der Waals surface area (Å²) in [4.78, 5) is 10.6. The van der Waals surface area contributed by atoms with Crippen molar-refractivity contribution in [2.75, 3.05) is 13.2 Å². The second-order valence-electron chi connectivity index (χ2n) is 3.79. The molecule has 0 fully saturated rings. The summed E-state index contributed by atoms with van der Waals surface area (Å²) < 4.78 is 32.2. The zero-order valence-electron chi connectivity index (χ0n) is 10.7. The van der Waals surface area contributed by atoms with E-state index >= 15 is 0 Å². The number of ether oxygens (including phenoxy) is 1. The first-order chi connectivity index (χ1) is 9.27. The van der Waals surface area contributed by atoms with Crippen LogP contribution < -0.4 is 15.2 Å². The van der Waals surface area contributed by atoms with Gasteiger partial charge in [-0.15, -0.1) is 0 Å². The molecule has 0 aliphatic heterocycles. The van der Waals surface area contributed by atoms with Gasteiger partial charge in [-0.3, -0.25) is 4.79 Å². The van der Waals surface area contributed by atoms with Gasteiger partial charge in [-0.25, -0.2) is 13.1 Å². The molecule has 9 heteroatoms. The smallest absolute Gasteiger partial charge is 0.247 e. The number of nitrogens with two attached hydrogens (primary N) is 1. The number of primary amides is 1. The molecule has 20 heavy (non-hydrogen) atoms. The Morgan fingerprint density at radius 2 is 2.20 bits per heavy atom. The summed E-state index contributed by atoms with van der Waals surface area (Å²) in [6, 6.07) is 4.51. The fraction of sp³-hybridized carbons (Fsp3) is 0.364. The molecule has 1 aromatic rings. The van der Waals surface area contributed by atoms with Crippen LogP contribution in [0.3, 0.4) is 0 Å². The summed E-state index contributed by atoms with van der Waals surface area (Å²) >= 11 is 3.17. The van der Waals surface area contributed by atoms with Gasteiger partial charge < -0.3 is 15.6 Å². The van der Waals surface area contributed by atoms with Crippen LogP contribution in [0.25, 0.3) is 0 Å². The lowest BCUT2D eigenvalue weighted by Crippen LogP contribution is -2.40. The zero-order chi connectivity index (χ0) is 15.3. The highest BCUT2D eigenvalue weighted by molar-refractivity contribution is 9.10. The average molecular weight is 367 g/mol. The maximum absolute atomic E-state index is 12.1. The SMILES string of the molecule is CCOc1ccc(Br)cc1S(=O)(=O)NCC(O)C(N)=O. The minimum atomic E-state index is -3.94. The van der Waals surface area contributed by atoms with Gasteiger partial charge in [0.05, 0.1) is 6.61 Å². The fourth-order valence-electron chi connectivity index (χ4n) is 1.33. The van der Waals surface area contributed by atoms with Crippen molar-refractivity contribution in [2.45, 2.75) is 17.9 Å². The van der Waals surface area contributed by atoms with E-state index in [0.717, 1.165) is 0 Å². The lowest BCUT2D eigenvalue weighted by atomic mass is 10.3. The predicted molar refractivity (Wildman–Crippen MR) is 75.7 cm³/mol. The van der Waals surface area contributed by atoms with Crippen LogP contribution in [0, 0.1) is 0 Å². The van der Waals surface area contributed by atoms with E-state index in [1.807, 2.05) is 0 Å². The first-order valence-electron chi connectivity index (χ1n) is 5.67. The zero-order valence-corrected chi connectivity index (χ0v) is 13.1. The number of hydrogen-bond acceptors (Lipinski definition) is 5. The molecule has 7 nitrogen and oxygen atoms in total. The third kappa shape index (κ3) is 4.44. The van der Waals surface area contributed by atoms with Crippen molar-refractivity contribution < 1.29 is 23.1 Å². The van der Waals surface area contributed by atoms with Gasteiger partial charge >= 0.3 is 0 Å². The van der Waals surface area contributed by atoms with E-state index in [1.54, 1.807) is 13.0 Å². The largest absolute Gasteiger partial charge is 0.492 e. The summed E-state index contributed by atoms with van der Waals surface area (Å²) in [6.07, 6.45) is -1.59. The molecule has 4 N–H and O–H groups in total. The number of hydrogen-bond donors (Lipinski definition) is 3. The van der Waals surface area contributed by atoms with Crippen molar-refractivity contribution >= 4 is 31.9 Å². The molecular weight excluding hydrogens is 352 g/mol. The van der Waals surface area contributed by atoms with Gasteiger partial charge in [0.15, 0.2) is 0 Å². The Balaban J connectivity index is 3.02. The molecule has 1 aromatic carbocycles. The monoisotopic (exact) mass is 366 g/mol. The van der Waals surface area contributed by atoms with Crippen LogP contribution >= 0.6 is 15.9 Å². The van der Waals surface area contributed by atoms with E-state index < -0.39 is 28.6 Å². The van der Waals surface area contributed by atoms with Gasteiger partial charge in [0, 0.05) is 11.0 Å². The molecule has 112 valence electrons. The van der Waals surface area contributed by atoms with Crippen LogP contribution in [0.2, 0.25) is 0 Å². The fourth-order valence-corrected chi connectivity index (χ4v) is 3.05. The minimum absolute atomic E-state index is 0.0922. The molecule has 0 heterocycles. The summed E-state index contributed by atoms with van der Waals surface area (Å²) in [6.45, 7) is 1.52. The number of aliphatic hydroxyl groups excluding tert-OH is 1. The van der Waals surface area contributed by atoms with Gasteiger partial charge in [0.2, 0.25) is 15.9 Å². The second kappa shape index (κ2) is 7.02. The Morgan fingerprint density at radius 3 is 2.75 bits per heavy atom. The van der Waals surface area contributed by atoms with Crippen LogP contribution in [-0.4, -0.2) is 38.7 Å². The van der Waals surface area contributed by atoms with E-state index in [-0.39, 0.29) is 10.6 Å². The van der Waals surface area contributed by atoms with Gasteiger partial charge in [0.25, 0.3) is 0 Å². The molecular formula is C11H15BrN2O5S. The first-order valence-corrected chi connectivity index (χ1v) is 7.95. The Hall–Kier alpha value is -1.16. The topological polar surface area (TPSA) is 119 Å². The van der Waals surface area contributed by atoms with Crippen molar-refractivity contribution in [3.8, 4) is 5.75 Å². The molecule has 1 rings (SSSR count). The Bertz CT molecular complexity index is 590. The number of halogens is 1. The molecule has 0 aliphatic carbocycles. The first kappa shape index (κ1) is 16.9. The Labute approximate surface area is 125 Å². The van der Waals surface area contributed by atoms with Crippen LogP contribution in [0.4, 0.5) is 0 Å². The lowest BCUT2D eigenvalue weighted by molar-refractivity contribution is -0.125. The van der Waals surface area contributed by atoms with E-state index in [2.05, 4.69) is 20.7 Å². The third-order valence-corrected chi connectivity index (χ3v) is 4.23. The molecule has 0 saturated carbocycles. The highest BCUT2D eigenvalue weighted by atomic mass is 79.9. The van der Waals surface area contributed by atoms with Crippen molar-refractivity contribution in [1.29, 1.82) is 0 Å². The Morgan fingerprint density at radius 1 is 1.55 bits per heavy atom. The number of sulfonamides is 1. The number of amides is 1. The summed E-state index contributed by atoms with van der Waals surface area (Å²) in [5.41, 5.74) is 4.85. The summed E-state index contributed by atoms with van der Waals surface area (Å²) in [7, 11) is -3.94. The number of benzene rings is 1. The molecule has 1 atom stereocenters. The van der Waals surface area contributed by atoms with E-state index in [0.29, 0.717) is 11.1 Å². The average Bonchev–Trinajstić information content (AvgIpc) is 2.38. The van der Waals surface area contributed by atoms with Gasteiger partial charge in [0.1, 0.15) is 16.7 Å². The third-order valence-electron chi connectivity index (χ3n) is 2.29. The minimum Gasteiger partial charge on any atom is -0.492 e. The van der Waals surface area contributed by atoms with Crippen LogP contribution in [-0.2, 0) is 14.8 Å².